The molecule has 5 nitrogen and oxygen atoms in total. The van der Waals surface area contributed by atoms with E-state index in [2.05, 4.69) is 4.98 Å². The van der Waals surface area contributed by atoms with Crippen molar-refractivity contribution in [2.24, 2.45) is 0 Å². The quantitative estimate of drug-likeness (QED) is 0.635. The van der Waals surface area contributed by atoms with Crippen LogP contribution in [0.15, 0.2) is 18.2 Å². The minimum absolute atomic E-state index is 0.0716. The van der Waals surface area contributed by atoms with E-state index in [1.54, 1.807) is 26.0 Å². The molecule has 2 rings (SSSR count). The molecule has 0 fully saturated rings. The van der Waals surface area contributed by atoms with Crippen molar-refractivity contribution in [1.29, 1.82) is 0 Å². The predicted octanol–water partition coefficient (Wildman–Crippen LogP) is 4.18. The normalized spacial score (nSPS) is 10.5. The van der Waals surface area contributed by atoms with Gasteiger partial charge in [-0.2, -0.15) is 0 Å². The van der Waals surface area contributed by atoms with Gasteiger partial charge in [0, 0.05) is 11.3 Å². The third kappa shape index (κ3) is 3.52. The maximum Gasteiger partial charge on any atom is 0.340 e. The molecule has 1 aromatic heterocycles. The van der Waals surface area contributed by atoms with Crippen LogP contribution in [0.4, 0.5) is 0 Å². The van der Waals surface area contributed by atoms with Crippen LogP contribution in [0.3, 0.4) is 0 Å². The van der Waals surface area contributed by atoms with E-state index >= 15 is 0 Å². The molecule has 0 unspecified atom stereocenters. The molecule has 0 saturated heterocycles. The first-order chi connectivity index (χ1) is 11.2. The van der Waals surface area contributed by atoms with E-state index in [9.17, 15) is 14.4 Å². The van der Waals surface area contributed by atoms with E-state index in [0.717, 1.165) is 0 Å². The molecular formula is C17H15Cl2NO4. The van der Waals surface area contributed by atoms with Crippen LogP contribution in [0, 0.1) is 13.8 Å². The summed E-state index contributed by atoms with van der Waals surface area (Å²) in [5.41, 5.74) is 1.96. The van der Waals surface area contributed by atoms with E-state index < -0.39 is 18.4 Å². The molecule has 0 atom stereocenters. The van der Waals surface area contributed by atoms with Crippen molar-refractivity contribution in [3.8, 4) is 0 Å². The monoisotopic (exact) mass is 367 g/mol. The Hall–Kier alpha value is -2.11. The zero-order valence-corrected chi connectivity index (χ0v) is 14.8. The molecule has 0 aliphatic carbocycles. The number of carbonyl (C=O) groups excluding carboxylic acids is 3. The highest BCUT2D eigenvalue weighted by atomic mass is 35.5. The average molecular weight is 368 g/mol. The minimum Gasteiger partial charge on any atom is -0.454 e. The molecule has 2 aromatic rings. The molecule has 0 radical (unpaired) electrons. The summed E-state index contributed by atoms with van der Waals surface area (Å²) in [7, 11) is 0. The number of hydrogen-bond donors (Lipinski definition) is 1. The summed E-state index contributed by atoms with van der Waals surface area (Å²) < 4.78 is 5.01. The Morgan fingerprint density at radius 3 is 2.42 bits per heavy atom. The molecule has 24 heavy (non-hydrogen) atoms. The highest BCUT2D eigenvalue weighted by molar-refractivity contribution is 6.43. The Labute approximate surface area is 148 Å². The Kier molecular flexibility index (Phi) is 5.47. The van der Waals surface area contributed by atoms with E-state index in [0.29, 0.717) is 16.8 Å². The lowest BCUT2D eigenvalue weighted by molar-refractivity contribution is 0.0473. The maximum atomic E-state index is 12.3. The van der Waals surface area contributed by atoms with E-state index in [-0.39, 0.29) is 27.1 Å². The maximum absolute atomic E-state index is 12.3. The second-order valence-corrected chi connectivity index (χ2v) is 6.07. The van der Waals surface area contributed by atoms with Gasteiger partial charge in [0.15, 0.2) is 12.4 Å². The van der Waals surface area contributed by atoms with Crippen molar-refractivity contribution >= 4 is 40.7 Å². The number of halogens is 2. The van der Waals surface area contributed by atoms with Gasteiger partial charge in [0.2, 0.25) is 5.78 Å². The number of hydrogen-bond acceptors (Lipinski definition) is 4. The Bertz CT molecular complexity index is 839. The number of H-pyrrole nitrogens is 1. The van der Waals surface area contributed by atoms with Crippen LogP contribution in [0.5, 0.6) is 0 Å². The smallest absolute Gasteiger partial charge is 0.340 e. The zero-order valence-electron chi connectivity index (χ0n) is 13.3. The van der Waals surface area contributed by atoms with Gasteiger partial charge >= 0.3 is 5.97 Å². The lowest BCUT2D eigenvalue weighted by Gasteiger charge is -2.06. The largest absolute Gasteiger partial charge is 0.454 e. The summed E-state index contributed by atoms with van der Waals surface area (Å²) >= 11 is 11.8. The Morgan fingerprint density at radius 2 is 1.83 bits per heavy atom. The first-order valence-electron chi connectivity index (χ1n) is 7.08. The zero-order chi connectivity index (χ0) is 18.0. The summed E-state index contributed by atoms with van der Waals surface area (Å²) in [5, 5.41) is 0.293. The summed E-state index contributed by atoms with van der Waals surface area (Å²) in [6.07, 6.45) is 0. The fourth-order valence-corrected chi connectivity index (χ4v) is 2.88. The number of aromatic nitrogens is 1. The van der Waals surface area contributed by atoms with Gasteiger partial charge in [-0.3, -0.25) is 9.59 Å². The number of benzene rings is 1. The highest BCUT2D eigenvalue weighted by Crippen LogP contribution is 2.26. The van der Waals surface area contributed by atoms with Gasteiger partial charge in [-0.05, 0) is 38.5 Å². The Morgan fingerprint density at radius 1 is 1.17 bits per heavy atom. The summed E-state index contributed by atoms with van der Waals surface area (Å²) in [4.78, 5) is 38.8. The van der Waals surface area contributed by atoms with Crippen molar-refractivity contribution in [1.82, 2.24) is 4.98 Å². The van der Waals surface area contributed by atoms with Crippen LogP contribution in [0.25, 0.3) is 0 Å². The van der Waals surface area contributed by atoms with Crippen LogP contribution in [-0.2, 0) is 4.74 Å². The number of esters is 1. The number of nitrogens with one attached hydrogen (secondary N) is 1. The molecule has 0 aliphatic heterocycles. The molecule has 1 aromatic carbocycles. The van der Waals surface area contributed by atoms with E-state index in [4.69, 9.17) is 27.9 Å². The molecule has 0 saturated carbocycles. The van der Waals surface area contributed by atoms with Gasteiger partial charge in [0.05, 0.1) is 21.3 Å². The van der Waals surface area contributed by atoms with Crippen LogP contribution >= 0.6 is 23.2 Å². The lowest BCUT2D eigenvalue weighted by atomic mass is 10.1. The van der Waals surface area contributed by atoms with Gasteiger partial charge in [0.25, 0.3) is 0 Å². The SMILES string of the molecule is CC(=O)c1c(C)[nH]c(C(=O)COC(=O)c2cccc(Cl)c2Cl)c1C. The lowest BCUT2D eigenvalue weighted by Crippen LogP contribution is -2.16. The molecule has 0 amide bonds. The predicted molar refractivity (Wildman–Crippen MR) is 91.3 cm³/mol. The Balaban J connectivity index is 2.14. The number of Topliss-reactive ketones (excluding diaryl/α,β-unsaturated/α-hetero) is 2. The van der Waals surface area contributed by atoms with Gasteiger partial charge < -0.3 is 9.72 Å². The first-order valence-corrected chi connectivity index (χ1v) is 7.84. The standard InChI is InChI=1S/C17H15Cl2NO4/c1-8-14(10(3)21)9(2)20-16(8)13(22)7-24-17(23)11-5-4-6-12(18)15(11)19/h4-6,20H,7H2,1-3H3. The molecule has 0 spiro atoms. The van der Waals surface area contributed by atoms with Crippen molar-refractivity contribution in [2.45, 2.75) is 20.8 Å². The van der Waals surface area contributed by atoms with E-state index in [1.165, 1.54) is 13.0 Å². The van der Waals surface area contributed by atoms with Crippen LogP contribution in [0.2, 0.25) is 10.0 Å². The summed E-state index contributed by atoms with van der Waals surface area (Å²) in [5.74, 6) is -1.32. The number of ether oxygens (including phenoxy) is 1. The number of aryl methyl sites for hydroxylation is 1. The third-order valence-corrected chi connectivity index (χ3v) is 4.39. The van der Waals surface area contributed by atoms with Crippen molar-refractivity contribution in [3.63, 3.8) is 0 Å². The van der Waals surface area contributed by atoms with Gasteiger partial charge in [-0.1, -0.05) is 29.3 Å². The highest BCUT2D eigenvalue weighted by Gasteiger charge is 2.21. The second-order valence-electron chi connectivity index (χ2n) is 5.28. The average Bonchev–Trinajstić information content (AvgIpc) is 2.82. The minimum atomic E-state index is -0.747. The molecule has 0 bridgehead atoms. The number of ketones is 2. The number of rotatable bonds is 5. The van der Waals surface area contributed by atoms with Gasteiger partial charge in [-0.25, -0.2) is 4.79 Å². The van der Waals surface area contributed by atoms with Gasteiger partial charge in [-0.15, -0.1) is 0 Å². The summed E-state index contributed by atoms with van der Waals surface area (Å²) in [6.45, 7) is 4.33. The topological polar surface area (TPSA) is 76.2 Å². The van der Waals surface area contributed by atoms with Crippen molar-refractivity contribution < 1.29 is 19.1 Å². The van der Waals surface area contributed by atoms with Crippen LogP contribution < -0.4 is 0 Å². The fourth-order valence-electron chi connectivity index (χ4n) is 2.50. The second kappa shape index (κ2) is 7.20. The van der Waals surface area contributed by atoms with Crippen LogP contribution in [-0.4, -0.2) is 29.1 Å². The van der Waals surface area contributed by atoms with Crippen LogP contribution in [0.1, 0.15) is 49.4 Å². The van der Waals surface area contributed by atoms with E-state index in [1.807, 2.05) is 0 Å². The molecule has 7 heteroatoms. The molecule has 1 heterocycles. The molecule has 1 N–H and O–H groups in total. The van der Waals surface area contributed by atoms with Crippen molar-refractivity contribution in [3.05, 3.63) is 56.3 Å². The fraction of sp³-hybridized carbons (Fsp3) is 0.235. The third-order valence-electron chi connectivity index (χ3n) is 3.57. The first kappa shape index (κ1) is 18.2. The number of carbonyl (C=O) groups is 3. The summed E-state index contributed by atoms with van der Waals surface area (Å²) in [6, 6.07) is 4.56. The van der Waals surface area contributed by atoms with Gasteiger partial charge in [0.1, 0.15) is 0 Å². The number of aromatic amines is 1. The molecule has 0 aliphatic rings. The molecule has 126 valence electrons. The van der Waals surface area contributed by atoms with Crippen molar-refractivity contribution in [2.75, 3.05) is 6.61 Å². The molecular weight excluding hydrogens is 353 g/mol.